The summed E-state index contributed by atoms with van der Waals surface area (Å²) in [5.41, 5.74) is -0.695. The van der Waals surface area contributed by atoms with E-state index in [0.29, 0.717) is 19.4 Å². The van der Waals surface area contributed by atoms with Crippen molar-refractivity contribution in [1.82, 2.24) is 14.7 Å². The number of likely N-dealkylation sites (tertiary alicyclic amines) is 1. The molecule has 3 amide bonds. The lowest BCUT2D eigenvalue weighted by atomic mass is 9.77. The van der Waals surface area contributed by atoms with Crippen LogP contribution in [0, 0.1) is 17.8 Å². The molecule has 3 fully saturated rings. The summed E-state index contributed by atoms with van der Waals surface area (Å²) in [5.74, 6) is -3.18. The molecule has 1 saturated carbocycles. The van der Waals surface area contributed by atoms with Gasteiger partial charge in [-0.2, -0.15) is 0 Å². The van der Waals surface area contributed by atoms with E-state index in [0.717, 1.165) is 37.7 Å². The molecule has 0 unspecified atom stereocenters. The third kappa shape index (κ3) is 6.10. The van der Waals surface area contributed by atoms with Crippen molar-refractivity contribution in [3.05, 3.63) is 60.2 Å². The Morgan fingerprint density at radius 1 is 1.00 bits per heavy atom. The minimum atomic E-state index is -1.43. The molecule has 0 bridgehead atoms. The quantitative estimate of drug-likeness (QED) is 0.359. The monoisotopic (exact) mass is 661 g/mol. The lowest BCUT2D eigenvalue weighted by molar-refractivity contribution is -0.165. The topological polar surface area (TPSA) is 117 Å². The van der Waals surface area contributed by atoms with Crippen LogP contribution in [0.5, 0.6) is 0 Å². The Labute approximate surface area is 284 Å². The lowest BCUT2D eigenvalue weighted by Gasteiger charge is -2.41. The average Bonchev–Trinajstić information content (AvgIpc) is 3.48. The smallest absolute Gasteiger partial charge is 0.313 e. The summed E-state index contributed by atoms with van der Waals surface area (Å²) in [5, 5.41) is 10.7. The fraction of sp³-hybridized carbons (Fsp3) is 0.632. The molecule has 1 spiro atoms. The van der Waals surface area contributed by atoms with Gasteiger partial charge in [0.05, 0.1) is 30.7 Å². The molecule has 8 atom stereocenters. The third-order valence-electron chi connectivity index (χ3n) is 11.3. The molecule has 48 heavy (non-hydrogen) atoms. The van der Waals surface area contributed by atoms with Crippen molar-refractivity contribution in [2.45, 2.75) is 114 Å². The van der Waals surface area contributed by atoms with Crippen molar-refractivity contribution in [3.8, 4) is 0 Å². The van der Waals surface area contributed by atoms with Gasteiger partial charge in [0.25, 0.3) is 0 Å². The average molecular weight is 662 g/mol. The van der Waals surface area contributed by atoms with Crippen LogP contribution in [0.15, 0.2) is 54.6 Å². The van der Waals surface area contributed by atoms with Crippen LogP contribution >= 0.6 is 0 Å². The number of carbonyl (C=O) groups is 4. The molecule has 1 aliphatic carbocycles. The van der Waals surface area contributed by atoms with Crippen LogP contribution in [0.4, 0.5) is 0 Å². The standard InChI is InChI=1S/C38H51N3O7/c1-24(2)22-28(23-42)41-34-36(45)40(27-16-9-6-10-17-27)21-13-20-38(34)32(35(41)44)31-29(48-38)18-11-12-19-30(43)39(4)25(3)33(47-37(31)46)26-14-7-5-8-15-26/h5,7-8,11,13-15,18,20,24-25,27-29,31-34,42H,6,9-10,12,16-17,19,21-23H2,1-4H3/b18-11-/t25-,28-,29-,31+,32+,33+,34-,38+/m1/s1. The van der Waals surface area contributed by atoms with E-state index in [1.165, 1.54) is 0 Å². The summed E-state index contributed by atoms with van der Waals surface area (Å²) < 4.78 is 13.3. The summed E-state index contributed by atoms with van der Waals surface area (Å²) in [6, 6.07) is 7.25. The fourth-order valence-electron chi connectivity index (χ4n) is 8.78. The number of amides is 3. The van der Waals surface area contributed by atoms with Crippen molar-refractivity contribution in [3.63, 3.8) is 0 Å². The maximum absolute atomic E-state index is 14.9. The van der Waals surface area contributed by atoms with Gasteiger partial charge in [-0.1, -0.05) is 87.7 Å². The minimum absolute atomic E-state index is 0.0573. The molecule has 2 saturated heterocycles. The fourth-order valence-corrected chi connectivity index (χ4v) is 8.78. The lowest BCUT2D eigenvalue weighted by Crippen LogP contribution is -2.59. The third-order valence-corrected chi connectivity index (χ3v) is 11.3. The first-order chi connectivity index (χ1) is 23.1. The normalized spacial score (nSPS) is 34.6. The number of hydrogen-bond donors (Lipinski definition) is 1. The number of allylic oxidation sites excluding steroid dienone is 1. The number of rotatable bonds is 6. The van der Waals surface area contributed by atoms with Gasteiger partial charge in [0.1, 0.15) is 23.7 Å². The number of aliphatic hydroxyl groups is 1. The number of hydrogen-bond acceptors (Lipinski definition) is 7. The van der Waals surface area contributed by atoms with Crippen LogP contribution in [0.3, 0.4) is 0 Å². The van der Waals surface area contributed by atoms with Crippen LogP contribution in [0.1, 0.15) is 83.8 Å². The summed E-state index contributed by atoms with van der Waals surface area (Å²) in [7, 11) is 1.72. The SMILES string of the molecule is CC(C)C[C@H](CO)N1C(=O)[C@@H]2[C@H]3C(=O)O[C@H](c4ccccc4)[C@@H](C)N(C)C(=O)CC/C=C\[C@H]3O[C@@]23C=CCN(C2CCCCC2)C(=O)[C@@H]13. The molecule has 5 aliphatic rings. The van der Waals surface area contributed by atoms with Crippen LogP contribution < -0.4 is 0 Å². The van der Waals surface area contributed by atoms with Crippen LogP contribution in [0.25, 0.3) is 0 Å². The highest BCUT2D eigenvalue weighted by Crippen LogP contribution is 2.54. The molecule has 260 valence electrons. The molecule has 1 N–H and O–H groups in total. The van der Waals surface area contributed by atoms with Crippen LogP contribution in [0.2, 0.25) is 0 Å². The molecule has 10 nitrogen and oxygen atoms in total. The molecule has 10 heteroatoms. The summed E-state index contributed by atoms with van der Waals surface area (Å²) in [4.78, 5) is 62.6. The van der Waals surface area contributed by atoms with Gasteiger partial charge in [0, 0.05) is 26.1 Å². The van der Waals surface area contributed by atoms with Gasteiger partial charge in [-0.3, -0.25) is 19.2 Å². The number of fused-ring (bicyclic) bond motifs is 2. The number of likely N-dealkylation sites (N-methyl/N-ethyl adjacent to an activating group) is 1. The van der Waals surface area contributed by atoms with Crippen LogP contribution in [-0.4, -0.2) is 99.6 Å². The maximum atomic E-state index is 14.9. The Morgan fingerprint density at radius 3 is 2.42 bits per heavy atom. The summed E-state index contributed by atoms with van der Waals surface area (Å²) >= 11 is 0. The van der Waals surface area contributed by atoms with Crippen molar-refractivity contribution in [2.75, 3.05) is 20.2 Å². The van der Waals surface area contributed by atoms with Gasteiger partial charge in [-0.15, -0.1) is 0 Å². The number of cyclic esters (lactones) is 1. The zero-order valence-corrected chi connectivity index (χ0v) is 28.7. The van der Waals surface area contributed by atoms with E-state index in [1.54, 1.807) is 22.9 Å². The zero-order chi connectivity index (χ0) is 34.2. The second kappa shape index (κ2) is 14.2. The summed E-state index contributed by atoms with van der Waals surface area (Å²) in [6.45, 7) is 5.99. The Bertz CT molecular complexity index is 1420. The van der Waals surface area contributed by atoms with Gasteiger partial charge < -0.3 is 29.3 Å². The first-order valence-corrected chi connectivity index (χ1v) is 17.9. The molecule has 6 rings (SSSR count). The molecule has 0 radical (unpaired) electrons. The van der Waals surface area contributed by atoms with Crippen molar-refractivity contribution in [1.29, 1.82) is 0 Å². The Hall–Kier alpha value is -3.50. The Balaban J connectivity index is 1.45. The number of carbonyl (C=O) groups excluding carboxylic acids is 4. The molecular formula is C38H51N3O7. The summed E-state index contributed by atoms with van der Waals surface area (Å²) in [6.07, 6.45) is 11.9. The molecule has 1 aromatic carbocycles. The number of ether oxygens (including phenoxy) is 2. The van der Waals surface area contributed by atoms with E-state index >= 15 is 0 Å². The van der Waals surface area contributed by atoms with E-state index in [1.807, 2.05) is 74.2 Å². The van der Waals surface area contributed by atoms with Crippen molar-refractivity contribution >= 4 is 23.7 Å². The van der Waals surface area contributed by atoms with E-state index in [9.17, 15) is 24.3 Å². The second-order valence-electron chi connectivity index (χ2n) is 14.7. The first-order valence-electron chi connectivity index (χ1n) is 17.9. The van der Waals surface area contributed by atoms with Crippen molar-refractivity contribution in [2.24, 2.45) is 17.8 Å². The number of esters is 1. The van der Waals surface area contributed by atoms with E-state index in [4.69, 9.17) is 9.47 Å². The van der Waals surface area contributed by atoms with Crippen molar-refractivity contribution < 1.29 is 33.8 Å². The van der Waals surface area contributed by atoms with Gasteiger partial charge in [-0.05, 0) is 44.1 Å². The minimum Gasteiger partial charge on any atom is -0.455 e. The van der Waals surface area contributed by atoms with Gasteiger partial charge >= 0.3 is 5.97 Å². The molecule has 0 aromatic heterocycles. The molecule has 1 aromatic rings. The number of nitrogens with zero attached hydrogens (tertiary/aromatic N) is 3. The predicted molar refractivity (Wildman–Crippen MR) is 179 cm³/mol. The molecular weight excluding hydrogens is 610 g/mol. The van der Waals surface area contributed by atoms with E-state index in [2.05, 4.69) is 0 Å². The first kappa shape index (κ1) is 34.4. The van der Waals surface area contributed by atoms with Crippen LogP contribution in [-0.2, 0) is 28.7 Å². The molecule has 4 aliphatic heterocycles. The van der Waals surface area contributed by atoms with Gasteiger partial charge in [0.2, 0.25) is 17.7 Å². The Kier molecular flexibility index (Phi) is 10.1. The van der Waals surface area contributed by atoms with Gasteiger partial charge in [-0.25, -0.2) is 0 Å². The highest BCUT2D eigenvalue weighted by Gasteiger charge is 2.72. The number of benzene rings is 1. The van der Waals surface area contributed by atoms with E-state index in [-0.39, 0.29) is 42.7 Å². The largest absolute Gasteiger partial charge is 0.455 e. The zero-order valence-electron chi connectivity index (χ0n) is 28.7. The predicted octanol–water partition coefficient (Wildman–Crippen LogP) is 4.19. The maximum Gasteiger partial charge on any atom is 0.313 e. The van der Waals surface area contributed by atoms with E-state index < -0.39 is 53.7 Å². The highest BCUT2D eigenvalue weighted by molar-refractivity contribution is 5.99. The molecule has 4 heterocycles. The van der Waals surface area contributed by atoms with Gasteiger partial charge in [0.15, 0.2) is 0 Å². The highest BCUT2D eigenvalue weighted by atomic mass is 16.6. The Morgan fingerprint density at radius 2 is 1.73 bits per heavy atom. The second-order valence-corrected chi connectivity index (χ2v) is 14.7. The number of aliphatic hydroxyl groups excluding tert-OH is 1.